The minimum Gasteiger partial charge on any atom is -0.310 e. The molecule has 11 aromatic rings. The molecular formula is C61H44N2. The zero-order chi connectivity index (χ0) is 42.1. The Kier molecular flexibility index (Phi) is 8.55. The van der Waals surface area contributed by atoms with E-state index in [-0.39, 0.29) is 5.41 Å². The van der Waals surface area contributed by atoms with Crippen molar-refractivity contribution in [3.8, 4) is 22.3 Å². The number of hydrogen-bond acceptors (Lipinski definition) is 2. The van der Waals surface area contributed by atoms with Crippen molar-refractivity contribution in [3.63, 3.8) is 0 Å². The van der Waals surface area contributed by atoms with Gasteiger partial charge in [-0.1, -0.05) is 178 Å². The molecule has 0 heterocycles. The summed E-state index contributed by atoms with van der Waals surface area (Å²) >= 11 is 0. The summed E-state index contributed by atoms with van der Waals surface area (Å²) in [6, 6.07) is 84.6. The van der Waals surface area contributed by atoms with Gasteiger partial charge in [0.15, 0.2) is 0 Å². The molecule has 0 N–H and O–H groups in total. The first kappa shape index (κ1) is 36.9. The van der Waals surface area contributed by atoms with E-state index in [0.29, 0.717) is 0 Å². The highest BCUT2D eigenvalue weighted by molar-refractivity contribution is 6.32. The fourth-order valence-electron chi connectivity index (χ4n) is 10.4. The smallest absolute Gasteiger partial charge is 0.0540 e. The average molecular weight is 805 g/mol. The summed E-state index contributed by atoms with van der Waals surface area (Å²) < 4.78 is 0. The van der Waals surface area contributed by atoms with E-state index in [1.54, 1.807) is 0 Å². The topological polar surface area (TPSA) is 6.48 Å². The van der Waals surface area contributed by atoms with Crippen LogP contribution < -0.4 is 9.80 Å². The number of hydrogen-bond donors (Lipinski definition) is 0. The molecular weight excluding hydrogens is 761 g/mol. The van der Waals surface area contributed by atoms with Crippen molar-refractivity contribution >= 4 is 77.2 Å². The molecule has 0 amide bonds. The van der Waals surface area contributed by atoms with Gasteiger partial charge in [0.1, 0.15) is 0 Å². The second-order valence-corrected chi connectivity index (χ2v) is 17.3. The highest BCUT2D eigenvalue weighted by Gasteiger charge is 2.35. The second kappa shape index (κ2) is 14.6. The van der Waals surface area contributed by atoms with Crippen molar-refractivity contribution in [2.75, 3.05) is 9.80 Å². The number of fused-ring (bicyclic) bond motifs is 11. The summed E-state index contributed by atoms with van der Waals surface area (Å²) in [5, 5.41) is 9.99. The van der Waals surface area contributed by atoms with Crippen molar-refractivity contribution in [2.24, 2.45) is 0 Å². The maximum atomic E-state index is 2.42. The zero-order valence-electron chi connectivity index (χ0n) is 35.3. The Labute approximate surface area is 368 Å². The fraction of sp³-hybridized carbons (Fsp3) is 0.0492. The highest BCUT2D eigenvalue weighted by Crippen LogP contribution is 2.51. The predicted octanol–water partition coefficient (Wildman–Crippen LogP) is 17.2. The van der Waals surface area contributed by atoms with Crippen LogP contribution in [0.5, 0.6) is 0 Å². The second-order valence-electron chi connectivity index (χ2n) is 17.3. The molecule has 0 aliphatic heterocycles. The summed E-state index contributed by atoms with van der Waals surface area (Å²) in [5.74, 6) is 0. The molecule has 0 aromatic heterocycles. The molecule has 0 saturated carbocycles. The highest BCUT2D eigenvalue weighted by atomic mass is 15.1. The summed E-state index contributed by atoms with van der Waals surface area (Å²) in [6.45, 7) is 4.72. The molecule has 12 rings (SSSR count). The van der Waals surface area contributed by atoms with Gasteiger partial charge in [-0.15, -0.1) is 0 Å². The van der Waals surface area contributed by atoms with Crippen LogP contribution in [0.4, 0.5) is 34.1 Å². The molecule has 0 atom stereocenters. The van der Waals surface area contributed by atoms with E-state index in [4.69, 9.17) is 0 Å². The molecule has 11 aromatic carbocycles. The van der Waals surface area contributed by atoms with Crippen molar-refractivity contribution in [3.05, 3.63) is 242 Å². The molecule has 0 bridgehead atoms. The predicted molar refractivity (Wildman–Crippen MR) is 269 cm³/mol. The molecule has 1 aliphatic rings. The van der Waals surface area contributed by atoms with E-state index in [1.807, 2.05) is 0 Å². The minimum atomic E-state index is -0.0984. The monoisotopic (exact) mass is 804 g/mol. The van der Waals surface area contributed by atoms with Gasteiger partial charge in [-0.2, -0.15) is 0 Å². The number of anilines is 6. The Morgan fingerprint density at radius 2 is 0.810 bits per heavy atom. The van der Waals surface area contributed by atoms with Crippen LogP contribution in [0, 0.1) is 0 Å². The largest absolute Gasteiger partial charge is 0.310 e. The van der Waals surface area contributed by atoms with Crippen molar-refractivity contribution in [1.82, 2.24) is 0 Å². The van der Waals surface area contributed by atoms with E-state index >= 15 is 0 Å². The number of rotatable bonds is 7. The quantitative estimate of drug-likeness (QED) is 0.148. The van der Waals surface area contributed by atoms with Crippen LogP contribution in [0.15, 0.2) is 231 Å². The first-order chi connectivity index (χ1) is 31.0. The summed E-state index contributed by atoms with van der Waals surface area (Å²) in [4.78, 5) is 4.82. The third-order valence-electron chi connectivity index (χ3n) is 13.4. The molecule has 0 unspecified atom stereocenters. The molecule has 0 saturated heterocycles. The van der Waals surface area contributed by atoms with Gasteiger partial charge < -0.3 is 9.80 Å². The van der Waals surface area contributed by atoms with Crippen LogP contribution in [0.1, 0.15) is 25.0 Å². The van der Waals surface area contributed by atoms with Gasteiger partial charge in [0, 0.05) is 39.4 Å². The van der Waals surface area contributed by atoms with Crippen LogP contribution in [-0.2, 0) is 5.41 Å². The van der Waals surface area contributed by atoms with E-state index < -0.39 is 0 Å². The van der Waals surface area contributed by atoms with E-state index in [0.717, 1.165) is 34.1 Å². The third-order valence-corrected chi connectivity index (χ3v) is 13.4. The Hall–Kier alpha value is -7.94. The molecule has 0 radical (unpaired) electrons. The molecule has 0 spiro atoms. The SMILES string of the molecule is CC1(C)c2ccccc2-c2ccc(N(c3ccccc3)c3ccc4c(c3)c3ccccc3c3c5ccc(N(c6ccccc6)c6ccccc6-c6ccccc6)cc5ccc43)cc21. The minimum absolute atomic E-state index is 0.0984. The molecule has 2 heteroatoms. The van der Waals surface area contributed by atoms with E-state index in [9.17, 15) is 0 Å². The molecule has 63 heavy (non-hydrogen) atoms. The van der Waals surface area contributed by atoms with Gasteiger partial charge in [0.25, 0.3) is 0 Å². The first-order valence-electron chi connectivity index (χ1n) is 21.9. The summed E-state index contributed by atoms with van der Waals surface area (Å²) in [6.07, 6.45) is 0. The van der Waals surface area contributed by atoms with Gasteiger partial charge in [0.2, 0.25) is 0 Å². The zero-order valence-corrected chi connectivity index (χ0v) is 35.3. The lowest BCUT2D eigenvalue weighted by molar-refractivity contribution is 0.660. The van der Waals surface area contributed by atoms with Crippen molar-refractivity contribution in [2.45, 2.75) is 19.3 Å². The lowest BCUT2D eigenvalue weighted by atomic mass is 9.82. The van der Waals surface area contributed by atoms with Gasteiger partial charge in [-0.25, -0.2) is 0 Å². The summed E-state index contributed by atoms with van der Waals surface area (Å²) in [7, 11) is 0. The lowest BCUT2D eigenvalue weighted by Gasteiger charge is -2.29. The Morgan fingerprint density at radius 3 is 1.57 bits per heavy atom. The van der Waals surface area contributed by atoms with Gasteiger partial charge in [-0.3, -0.25) is 0 Å². The normalized spacial score (nSPS) is 12.7. The number of para-hydroxylation sites is 3. The standard InChI is InChI=1S/C61H44N2/c1-61(2)57-28-16-14-26-52(57)53-37-33-47(40-58(53)61)62(43-20-8-4-9-21-43)46-32-36-51-55-34-30-42-38-45(31-35-49(42)60(55)54-27-13-12-25-50(54)56(51)39-46)63(44-22-10-5-11-23-44)59-29-17-15-24-48(59)41-18-6-3-7-19-41/h3-40H,1-2H3. The Balaban J connectivity index is 1.03. The average Bonchev–Trinajstić information content (AvgIpc) is 3.57. The number of nitrogens with zero attached hydrogens (tertiary/aromatic N) is 2. The van der Waals surface area contributed by atoms with Crippen LogP contribution in [0.25, 0.3) is 65.3 Å². The van der Waals surface area contributed by atoms with Crippen LogP contribution >= 0.6 is 0 Å². The third kappa shape index (κ3) is 5.94. The molecule has 0 fully saturated rings. The van der Waals surface area contributed by atoms with Gasteiger partial charge >= 0.3 is 0 Å². The lowest BCUT2D eigenvalue weighted by Crippen LogP contribution is -2.16. The van der Waals surface area contributed by atoms with Gasteiger partial charge in [0.05, 0.1) is 5.69 Å². The Bertz CT molecular complexity index is 3520. The van der Waals surface area contributed by atoms with E-state index in [2.05, 4.69) is 254 Å². The number of benzene rings is 11. The van der Waals surface area contributed by atoms with Gasteiger partial charge in [-0.05, 0) is 138 Å². The van der Waals surface area contributed by atoms with E-state index in [1.165, 1.54) is 76.5 Å². The fourth-order valence-corrected chi connectivity index (χ4v) is 10.4. The van der Waals surface area contributed by atoms with Crippen LogP contribution in [0.3, 0.4) is 0 Å². The summed E-state index contributed by atoms with van der Waals surface area (Å²) in [5.41, 5.74) is 14.5. The van der Waals surface area contributed by atoms with Crippen molar-refractivity contribution in [1.29, 1.82) is 0 Å². The van der Waals surface area contributed by atoms with Crippen LogP contribution in [-0.4, -0.2) is 0 Å². The Morgan fingerprint density at radius 1 is 0.302 bits per heavy atom. The molecule has 1 aliphatic carbocycles. The molecule has 2 nitrogen and oxygen atoms in total. The first-order valence-corrected chi connectivity index (χ1v) is 21.9. The maximum absolute atomic E-state index is 2.42. The van der Waals surface area contributed by atoms with Crippen LogP contribution in [0.2, 0.25) is 0 Å². The van der Waals surface area contributed by atoms with Crippen molar-refractivity contribution < 1.29 is 0 Å². The maximum Gasteiger partial charge on any atom is 0.0540 e. The molecule has 298 valence electrons.